The number of aliphatic hydroxyl groups is 2. The van der Waals surface area contributed by atoms with Crippen molar-refractivity contribution in [1.29, 1.82) is 0 Å². The second-order valence-corrected chi connectivity index (χ2v) is 19.3. The van der Waals surface area contributed by atoms with Crippen molar-refractivity contribution in [2.24, 2.45) is 0 Å². The molecule has 6 nitrogen and oxygen atoms in total. The molecule has 372 valence electrons. The Morgan fingerprint density at radius 1 is 0.429 bits per heavy atom. The van der Waals surface area contributed by atoms with E-state index in [-0.39, 0.29) is 18.5 Å². The van der Waals surface area contributed by atoms with Gasteiger partial charge in [-0.05, 0) is 57.8 Å². The minimum atomic E-state index is -0.849. The van der Waals surface area contributed by atoms with Gasteiger partial charge in [0.25, 0.3) is 0 Å². The van der Waals surface area contributed by atoms with Crippen LogP contribution in [0.2, 0.25) is 0 Å². The molecule has 6 heteroatoms. The number of allylic oxidation sites excluding steroid dienone is 3. The van der Waals surface area contributed by atoms with Crippen LogP contribution in [0.4, 0.5) is 0 Å². The third kappa shape index (κ3) is 49.6. The number of carbonyl (C=O) groups excluding carboxylic acids is 2. The number of rotatable bonds is 52. The number of nitrogens with one attached hydrogen (secondary N) is 1. The smallest absolute Gasteiger partial charge is 0.305 e. The zero-order valence-corrected chi connectivity index (χ0v) is 42.3. The van der Waals surface area contributed by atoms with E-state index in [0.717, 1.165) is 51.4 Å². The molecule has 0 saturated carbocycles. The summed E-state index contributed by atoms with van der Waals surface area (Å²) in [5, 5.41) is 23.1. The van der Waals surface area contributed by atoms with Crippen LogP contribution in [-0.4, -0.2) is 47.4 Å². The van der Waals surface area contributed by atoms with Crippen molar-refractivity contribution in [3.05, 3.63) is 24.3 Å². The maximum Gasteiger partial charge on any atom is 0.305 e. The van der Waals surface area contributed by atoms with Crippen LogP contribution in [0.1, 0.15) is 303 Å². The molecule has 63 heavy (non-hydrogen) atoms. The van der Waals surface area contributed by atoms with Crippen LogP contribution >= 0.6 is 0 Å². The van der Waals surface area contributed by atoms with Crippen LogP contribution in [0.15, 0.2) is 24.3 Å². The molecule has 0 spiro atoms. The fraction of sp³-hybridized carbons (Fsp3) is 0.895. The summed E-state index contributed by atoms with van der Waals surface area (Å²) >= 11 is 0. The van der Waals surface area contributed by atoms with Gasteiger partial charge < -0.3 is 20.3 Å². The zero-order chi connectivity index (χ0) is 45.8. The first-order chi connectivity index (χ1) is 31.0. The number of unbranched alkanes of at least 4 members (excludes halogenated alkanes) is 39. The molecule has 3 N–H and O–H groups in total. The van der Waals surface area contributed by atoms with Crippen molar-refractivity contribution < 1.29 is 24.5 Å². The summed E-state index contributed by atoms with van der Waals surface area (Å²) in [6.07, 6.45) is 63.3. The van der Waals surface area contributed by atoms with Crippen LogP contribution in [0.5, 0.6) is 0 Å². The average Bonchev–Trinajstić information content (AvgIpc) is 3.28. The first kappa shape index (κ1) is 61.3. The summed E-state index contributed by atoms with van der Waals surface area (Å²) in [5.41, 5.74) is 0. The van der Waals surface area contributed by atoms with E-state index in [1.54, 1.807) is 6.08 Å². The quantitative estimate of drug-likeness (QED) is 0.0321. The highest BCUT2D eigenvalue weighted by atomic mass is 16.5. The molecule has 0 aromatic rings. The maximum atomic E-state index is 12.4. The summed E-state index contributed by atoms with van der Waals surface area (Å²) in [6.45, 7) is 4.90. The Morgan fingerprint density at radius 2 is 0.746 bits per heavy atom. The topological polar surface area (TPSA) is 95.9 Å². The number of amides is 1. The largest absolute Gasteiger partial charge is 0.466 e. The van der Waals surface area contributed by atoms with Crippen molar-refractivity contribution in [2.45, 2.75) is 315 Å². The van der Waals surface area contributed by atoms with Gasteiger partial charge in [-0.3, -0.25) is 9.59 Å². The second-order valence-electron chi connectivity index (χ2n) is 19.3. The van der Waals surface area contributed by atoms with Crippen molar-refractivity contribution >= 4 is 11.9 Å². The van der Waals surface area contributed by atoms with Gasteiger partial charge in [0.2, 0.25) is 5.91 Å². The molecule has 0 saturated heterocycles. The van der Waals surface area contributed by atoms with Crippen LogP contribution in [0.25, 0.3) is 0 Å². The molecule has 0 aliphatic heterocycles. The molecule has 0 fully saturated rings. The molecule has 2 unspecified atom stereocenters. The van der Waals surface area contributed by atoms with Gasteiger partial charge in [0.05, 0.1) is 25.4 Å². The molecule has 0 bridgehead atoms. The molecule has 1 amide bonds. The van der Waals surface area contributed by atoms with Crippen LogP contribution in [0.3, 0.4) is 0 Å². The van der Waals surface area contributed by atoms with E-state index in [1.807, 2.05) is 6.08 Å². The Morgan fingerprint density at radius 3 is 1.13 bits per heavy atom. The number of hydrogen-bond acceptors (Lipinski definition) is 5. The van der Waals surface area contributed by atoms with Gasteiger partial charge in [-0.25, -0.2) is 0 Å². The average molecular weight is 889 g/mol. The first-order valence-corrected chi connectivity index (χ1v) is 28.1. The van der Waals surface area contributed by atoms with E-state index in [9.17, 15) is 19.8 Å². The zero-order valence-electron chi connectivity index (χ0n) is 42.3. The minimum absolute atomic E-state index is 0.00515. The third-order valence-corrected chi connectivity index (χ3v) is 13.0. The lowest BCUT2D eigenvalue weighted by Gasteiger charge is -2.20. The Hall–Kier alpha value is -1.66. The Balaban J connectivity index is 3.47. The number of hydrogen-bond donors (Lipinski definition) is 3. The van der Waals surface area contributed by atoms with Crippen LogP contribution in [0, 0.1) is 0 Å². The number of aliphatic hydroxyl groups excluding tert-OH is 2. The lowest BCUT2D eigenvalue weighted by atomic mass is 10.0. The molecule has 0 aromatic carbocycles. The monoisotopic (exact) mass is 888 g/mol. The molecular weight excluding hydrogens is 779 g/mol. The Bertz CT molecular complexity index is 982. The third-order valence-electron chi connectivity index (χ3n) is 13.0. The number of carbonyl (C=O) groups is 2. The lowest BCUT2D eigenvalue weighted by Crippen LogP contribution is -2.45. The predicted molar refractivity (Wildman–Crippen MR) is 273 cm³/mol. The molecular formula is C57H109NO5. The molecule has 0 radical (unpaired) electrons. The summed E-state index contributed by atoms with van der Waals surface area (Å²) in [6, 6.07) is -0.633. The molecule has 0 aromatic heterocycles. The molecule has 0 aliphatic rings. The summed E-state index contributed by atoms with van der Waals surface area (Å²) in [5.74, 6) is -0.0705. The predicted octanol–water partition coefficient (Wildman–Crippen LogP) is 17.1. The Kier molecular flexibility index (Phi) is 51.6. The van der Waals surface area contributed by atoms with Crippen LogP contribution < -0.4 is 5.32 Å². The van der Waals surface area contributed by atoms with Crippen molar-refractivity contribution in [3.8, 4) is 0 Å². The van der Waals surface area contributed by atoms with Gasteiger partial charge in [0.1, 0.15) is 0 Å². The van der Waals surface area contributed by atoms with Crippen molar-refractivity contribution in [2.75, 3.05) is 13.2 Å². The van der Waals surface area contributed by atoms with E-state index in [4.69, 9.17) is 4.74 Å². The highest BCUT2D eigenvalue weighted by Gasteiger charge is 2.18. The van der Waals surface area contributed by atoms with E-state index < -0.39 is 12.1 Å². The van der Waals surface area contributed by atoms with E-state index in [0.29, 0.717) is 19.4 Å². The SMILES string of the molecule is CCCCCCCCCCCCCCC/C=C/C(O)C(CO)NC(=O)CCCCCCCCC/C=C\CCCCCCCCCCCOC(=O)CCCCCCCCCCCCC. The Labute approximate surface area is 392 Å². The summed E-state index contributed by atoms with van der Waals surface area (Å²) in [4.78, 5) is 24.4. The highest BCUT2D eigenvalue weighted by Crippen LogP contribution is 2.16. The van der Waals surface area contributed by atoms with Gasteiger partial charge in [-0.15, -0.1) is 0 Å². The molecule has 0 rings (SSSR count). The van der Waals surface area contributed by atoms with Gasteiger partial charge in [-0.2, -0.15) is 0 Å². The standard InChI is InChI=1S/C57H109NO5/c1-3-5-7-9-11-13-15-16-23-26-30-33-37-41-45-49-55(60)54(53-59)58-56(61)50-46-42-38-34-31-27-24-21-19-17-18-20-22-25-28-32-36-40-44-48-52-63-57(62)51-47-43-39-35-29-14-12-10-8-6-4-2/h17,19,45,49,54-55,59-60H,3-16,18,20-44,46-48,50-53H2,1-2H3,(H,58,61)/b19-17-,49-45+. The van der Waals surface area contributed by atoms with Crippen LogP contribution in [-0.2, 0) is 14.3 Å². The van der Waals surface area contributed by atoms with E-state index >= 15 is 0 Å². The number of ether oxygens (including phenoxy) is 1. The normalized spacial score (nSPS) is 12.8. The maximum absolute atomic E-state index is 12.4. The van der Waals surface area contributed by atoms with Gasteiger partial charge in [0, 0.05) is 12.8 Å². The molecule has 2 atom stereocenters. The summed E-state index contributed by atoms with van der Waals surface area (Å²) in [7, 11) is 0. The van der Waals surface area contributed by atoms with Crippen molar-refractivity contribution in [1.82, 2.24) is 5.32 Å². The van der Waals surface area contributed by atoms with Gasteiger partial charge >= 0.3 is 5.97 Å². The molecule has 0 aliphatic carbocycles. The van der Waals surface area contributed by atoms with Gasteiger partial charge in [0.15, 0.2) is 0 Å². The van der Waals surface area contributed by atoms with E-state index in [1.165, 1.54) is 225 Å². The second kappa shape index (κ2) is 53.0. The fourth-order valence-corrected chi connectivity index (χ4v) is 8.63. The number of esters is 1. The molecule has 0 heterocycles. The first-order valence-electron chi connectivity index (χ1n) is 28.1. The minimum Gasteiger partial charge on any atom is -0.466 e. The highest BCUT2D eigenvalue weighted by molar-refractivity contribution is 5.76. The van der Waals surface area contributed by atoms with Crippen molar-refractivity contribution in [3.63, 3.8) is 0 Å². The summed E-state index contributed by atoms with van der Waals surface area (Å²) < 4.78 is 5.46. The fourth-order valence-electron chi connectivity index (χ4n) is 8.63. The van der Waals surface area contributed by atoms with Gasteiger partial charge in [-0.1, -0.05) is 256 Å². The lowest BCUT2D eigenvalue weighted by molar-refractivity contribution is -0.143. The van der Waals surface area contributed by atoms with E-state index in [2.05, 4.69) is 31.3 Å².